The zero-order valence-electron chi connectivity index (χ0n) is 15.6. The molecule has 7 heteroatoms. The molecule has 0 saturated carbocycles. The highest BCUT2D eigenvalue weighted by molar-refractivity contribution is 5.92. The summed E-state index contributed by atoms with van der Waals surface area (Å²) in [4.78, 5) is 25.7. The van der Waals surface area contributed by atoms with Crippen molar-refractivity contribution in [3.63, 3.8) is 0 Å². The minimum atomic E-state index is -0.419. The first-order valence-corrected chi connectivity index (χ1v) is 8.65. The van der Waals surface area contributed by atoms with Crippen LogP contribution in [0.4, 0.5) is 11.5 Å². The van der Waals surface area contributed by atoms with Gasteiger partial charge in [0.1, 0.15) is 0 Å². The average Bonchev–Trinajstić information content (AvgIpc) is 2.74. The fourth-order valence-electron chi connectivity index (χ4n) is 2.63. The molecule has 0 unspecified atom stereocenters. The fourth-order valence-corrected chi connectivity index (χ4v) is 2.63. The van der Waals surface area contributed by atoms with Gasteiger partial charge in [0.2, 0.25) is 0 Å². The molecule has 2 aromatic carbocycles. The van der Waals surface area contributed by atoms with Gasteiger partial charge in [0.15, 0.2) is 11.5 Å². The Balaban J connectivity index is 1.66. The van der Waals surface area contributed by atoms with Crippen molar-refractivity contribution < 1.29 is 14.3 Å². The van der Waals surface area contributed by atoms with Crippen LogP contribution in [0.25, 0.3) is 0 Å². The van der Waals surface area contributed by atoms with Crippen LogP contribution < -0.4 is 5.32 Å². The molecule has 1 heterocycles. The maximum absolute atomic E-state index is 12.5. The van der Waals surface area contributed by atoms with Crippen molar-refractivity contribution in [1.82, 2.24) is 15.1 Å². The second-order valence-corrected chi connectivity index (χ2v) is 6.15. The third-order valence-electron chi connectivity index (χ3n) is 4.05. The highest BCUT2D eigenvalue weighted by Gasteiger charge is 2.14. The summed E-state index contributed by atoms with van der Waals surface area (Å²) in [5.74, 6) is -0.169. The number of hydrogen-bond acceptors (Lipinski definition) is 6. The van der Waals surface area contributed by atoms with Gasteiger partial charge in [-0.3, -0.25) is 4.79 Å². The summed E-state index contributed by atoms with van der Waals surface area (Å²) in [6.45, 7) is 0.488. The Hall–Kier alpha value is -3.74. The molecule has 0 atom stereocenters. The van der Waals surface area contributed by atoms with E-state index in [1.54, 1.807) is 48.3 Å². The molecular weight excluding hydrogens is 356 g/mol. The molecule has 0 fully saturated rings. The van der Waals surface area contributed by atoms with E-state index in [1.165, 1.54) is 7.11 Å². The number of rotatable bonds is 6. The van der Waals surface area contributed by atoms with Crippen LogP contribution in [0.2, 0.25) is 0 Å². The molecule has 142 valence electrons. The van der Waals surface area contributed by atoms with Gasteiger partial charge in [-0.1, -0.05) is 36.4 Å². The monoisotopic (exact) mass is 376 g/mol. The van der Waals surface area contributed by atoms with Crippen LogP contribution >= 0.6 is 0 Å². The van der Waals surface area contributed by atoms with E-state index in [0.717, 1.165) is 5.56 Å². The smallest absolute Gasteiger partial charge is 0.337 e. The van der Waals surface area contributed by atoms with Crippen molar-refractivity contribution >= 4 is 23.4 Å². The Labute approximate surface area is 163 Å². The first-order valence-electron chi connectivity index (χ1n) is 8.65. The highest BCUT2D eigenvalue weighted by Crippen LogP contribution is 2.16. The summed E-state index contributed by atoms with van der Waals surface area (Å²) in [5, 5.41) is 11.1. The molecule has 0 aliphatic heterocycles. The highest BCUT2D eigenvalue weighted by atomic mass is 16.5. The molecule has 28 heavy (non-hydrogen) atoms. The Morgan fingerprint density at radius 2 is 1.79 bits per heavy atom. The van der Waals surface area contributed by atoms with Gasteiger partial charge in [0.25, 0.3) is 5.91 Å². The predicted molar refractivity (Wildman–Crippen MR) is 105 cm³/mol. The lowest BCUT2D eigenvalue weighted by Gasteiger charge is -2.16. The van der Waals surface area contributed by atoms with Gasteiger partial charge in [-0.25, -0.2) is 4.79 Å². The molecule has 1 aromatic heterocycles. The van der Waals surface area contributed by atoms with E-state index < -0.39 is 5.97 Å². The summed E-state index contributed by atoms with van der Waals surface area (Å²) in [7, 11) is 3.06. The maximum Gasteiger partial charge on any atom is 0.337 e. The fraction of sp³-hybridized carbons (Fsp3) is 0.143. The van der Waals surface area contributed by atoms with E-state index in [9.17, 15) is 9.59 Å². The van der Waals surface area contributed by atoms with Crippen molar-refractivity contribution in [2.45, 2.75) is 6.54 Å². The lowest BCUT2D eigenvalue weighted by Crippen LogP contribution is -2.27. The first-order chi connectivity index (χ1) is 13.6. The van der Waals surface area contributed by atoms with Gasteiger partial charge < -0.3 is 15.0 Å². The number of methoxy groups -OCH3 is 1. The summed E-state index contributed by atoms with van der Waals surface area (Å²) in [6.07, 6.45) is 0. The van der Waals surface area contributed by atoms with E-state index in [1.807, 2.05) is 30.3 Å². The lowest BCUT2D eigenvalue weighted by atomic mass is 10.2. The summed E-state index contributed by atoms with van der Waals surface area (Å²) in [5.41, 5.74) is 2.38. The molecule has 3 rings (SSSR count). The number of carbonyl (C=O) groups excluding carboxylic acids is 2. The number of ether oxygens (including phenoxy) is 1. The number of benzene rings is 2. The molecule has 0 aliphatic rings. The van der Waals surface area contributed by atoms with Crippen LogP contribution in [0.3, 0.4) is 0 Å². The quantitative estimate of drug-likeness (QED) is 0.665. The second-order valence-electron chi connectivity index (χ2n) is 6.15. The lowest BCUT2D eigenvalue weighted by molar-refractivity contribution is 0.0600. The normalized spacial score (nSPS) is 10.2. The number of esters is 1. The van der Waals surface area contributed by atoms with E-state index in [0.29, 0.717) is 23.6 Å². The average molecular weight is 376 g/mol. The van der Waals surface area contributed by atoms with Crippen molar-refractivity contribution in [2.24, 2.45) is 0 Å². The summed E-state index contributed by atoms with van der Waals surface area (Å²) >= 11 is 0. The minimum absolute atomic E-state index is 0.212. The van der Waals surface area contributed by atoms with Crippen LogP contribution in [0.5, 0.6) is 0 Å². The van der Waals surface area contributed by atoms with Crippen molar-refractivity contribution in [1.29, 1.82) is 0 Å². The van der Waals surface area contributed by atoms with Gasteiger partial charge in [-0.15, -0.1) is 10.2 Å². The topological polar surface area (TPSA) is 84.4 Å². The molecule has 1 amide bonds. The Morgan fingerprint density at radius 1 is 1.00 bits per heavy atom. The summed E-state index contributed by atoms with van der Waals surface area (Å²) in [6, 6.07) is 19.8. The van der Waals surface area contributed by atoms with Crippen LogP contribution in [0.15, 0.2) is 66.7 Å². The Kier molecular flexibility index (Phi) is 5.96. The predicted octanol–water partition coefficient (Wildman–Crippen LogP) is 3.28. The van der Waals surface area contributed by atoms with Gasteiger partial charge in [-0.2, -0.15) is 0 Å². The molecule has 0 spiro atoms. The molecular formula is C21H20N4O3. The number of anilines is 2. The number of amides is 1. The zero-order valence-corrected chi connectivity index (χ0v) is 15.6. The van der Waals surface area contributed by atoms with Gasteiger partial charge in [0.05, 0.1) is 12.7 Å². The molecule has 3 aromatic rings. The molecule has 0 saturated heterocycles. The molecule has 0 bridgehead atoms. The van der Waals surface area contributed by atoms with E-state index in [4.69, 9.17) is 4.74 Å². The first kappa shape index (κ1) is 19.0. The third kappa shape index (κ3) is 4.70. The minimum Gasteiger partial charge on any atom is -0.465 e. The SMILES string of the molecule is COC(=O)c1cccc(Nc2ccc(C(=O)N(C)Cc3ccccc3)nn2)c1. The molecule has 7 nitrogen and oxygen atoms in total. The van der Waals surface area contributed by atoms with Crippen LogP contribution in [-0.4, -0.2) is 41.1 Å². The van der Waals surface area contributed by atoms with Crippen LogP contribution in [0.1, 0.15) is 26.4 Å². The number of nitrogens with zero attached hydrogens (tertiary/aromatic N) is 3. The van der Waals surface area contributed by atoms with E-state index in [2.05, 4.69) is 15.5 Å². The van der Waals surface area contributed by atoms with Crippen molar-refractivity contribution in [3.05, 3.63) is 83.6 Å². The van der Waals surface area contributed by atoms with Gasteiger partial charge in [0, 0.05) is 19.3 Å². The largest absolute Gasteiger partial charge is 0.465 e. The Bertz CT molecular complexity index is 959. The Morgan fingerprint density at radius 3 is 2.46 bits per heavy atom. The van der Waals surface area contributed by atoms with Gasteiger partial charge in [-0.05, 0) is 35.9 Å². The van der Waals surface area contributed by atoms with Crippen LogP contribution in [-0.2, 0) is 11.3 Å². The number of nitrogens with one attached hydrogen (secondary N) is 1. The zero-order chi connectivity index (χ0) is 19.9. The van der Waals surface area contributed by atoms with E-state index >= 15 is 0 Å². The van der Waals surface area contributed by atoms with Crippen LogP contribution in [0, 0.1) is 0 Å². The number of aromatic nitrogens is 2. The second kappa shape index (κ2) is 8.77. The van der Waals surface area contributed by atoms with Crippen molar-refractivity contribution in [2.75, 3.05) is 19.5 Å². The molecule has 1 N–H and O–H groups in total. The molecule has 0 aliphatic carbocycles. The van der Waals surface area contributed by atoms with E-state index in [-0.39, 0.29) is 11.6 Å². The number of hydrogen-bond donors (Lipinski definition) is 1. The maximum atomic E-state index is 12.5. The van der Waals surface area contributed by atoms with Crippen molar-refractivity contribution in [3.8, 4) is 0 Å². The standard InChI is InChI=1S/C21H20N4O3/c1-25(14-15-7-4-3-5-8-15)20(26)18-11-12-19(24-23-18)22-17-10-6-9-16(13-17)21(27)28-2/h3-13H,14H2,1-2H3,(H,22,24). The number of carbonyl (C=O) groups is 2. The van der Waals surface area contributed by atoms with Gasteiger partial charge >= 0.3 is 5.97 Å². The summed E-state index contributed by atoms with van der Waals surface area (Å²) < 4.78 is 4.71. The third-order valence-corrected chi connectivity index (χ3v) is 4.05. The molecule has 0 radical (unpaired) electrons.